The molecule has 6 nitrogen and oxygen atoms in total. The molecule has 2 atom stereocenters. The third-order valence-corrected chi connectivity index (χ3v) is 4.01. The van der Waals surface area contributed by atoms with Crippen LogP contribution < -0.4 is 9.47 Å². The second-order valence-electron chi connectivity index (χ2n) is 5.88. The predicted octanol–water partition coefficient (Wildman–Crippen LogP) is 2.40. The second kappa shape index (κ2) is 7.67. The number of nitrogens with zero attached hydrogens (tertiary/aromatic N) is 3. The van der Waals surface area contributed by atoms with Gasteiger partial charge in [-0.2, -0.15) is 5.26 Å². The minimum Gasteiger partial charge on any atom is -0.481 e. The average Bonchev–Trinajstić information content (AvgIpc) is 3.10. The lowest BCUT2D eigenvalue weighted by Crippen LogP contribution is -2.40. The molecule has 1 amide bonds. The van der Waals surface area contributed by atoms with Crippen molar-refractivity contribution in [2.24, 2.45) is 0 Å². The number of hydrogen-bond acceptors (Lipinski definition) is 5. The largest absolute Gasteiger partial charge is 0.481 e. The van der Waals surface area contributed by atoms with E-state index in [0.717, 1.165) is 6.42 Å². The van der Waals surface area contributed by atoms with Crippen molar-refractivity contribution in [1.29, 1.82) is 5.26 Å². The molecule has 6 heteroatoms. The van der Waals surface area contributed by atoms with Gasteiger partial charge in [-0.3, -0.25) is 4.79 Å². The lowest BCUT2D eigenvalue weighted by atomic mass is 10.3. The molecule has 0 aliphatic carbocycles. The van der Waals surface area contributed by atoms with Gasteiger partial charge in [0.05, 0.1) is 18.2 Å². The first-order chi connectivity index (χ1) is 12.2. The molecule has 1 fully saturated rings. The molecule has 0 radical (unpaired) electrons. The SMILES string of the molecule is CC(Oc1ccccc1)C(=O)N1CCC(Oc2cc(C#N)ccn2)C1. The lowest BCUT2D eigenvalue weighted by Gasteiger charge is -2.21. The van der Waals surface area contributed by atoms with E-state index >= 15 is 0 Å². The number of aromatic nitrogens is 1. The van der Waals surface area contributed by atoms with Gasteiger partial charge in [0.25, 0.3) is 5.91 Å². The third kappa shape index (κ3) is 4.27. The van der Waals surface area contributed by atoms with E-state index in [0.29, 0.717) is 30.3 Å². The quantitative estimate of drug-likeness (QED) is 0.837. The minimum atomic E-state index is -0.554. The summed E-state index contributed by atoms with van der Waals surface area (Å²) in [6.07, 6.45) is 1.58. The molecule has 2 unspecified atom stereocenters. The summed E-state index contributed by atoms with van der Waals surface area (Å²) in [4.78, 5) is 18.4. The van der Waals surface area contributed by atoms with Crippen molar-refractivity contribution in [2.45, 2.75) is 25.6 Å². The van der Waals surface area contributed by atoms with E-state index in [1.54, 1.807) is 30.2 Å². The van der Waals surface area contributed by atoms with Gasteiger partial charge in [-0.25, -0.2) is 4.98 Å². The number of rotatable bonds is 5. The Morgan fingerprint density at radius 3 is 2.92 bits per heavy atom. The highest BCUT2D eigenvalue weighted by atomic mass is 16.5. The van der Waals surface area contributed by atoms with Crippen LogP contribution in [0.1, 0.15) is 18.9 Å². The van der Waals surface area contributed by atoms with Gasteiger partial charge in [-0.05, 0) is 25.1 Å². The van der Waals surface area contributed by atoms with E-state index in [9.17, 15) is 4.79 Å². The molecular formula is C19H19N3O3. The maximum Gasteiger partial charge on any atom is 0.263 e. The van der Waals surface area contributed by atoms with E-state index < -0.39 is 6.10 Å². The topological polar surface area (TPSA) is 75.4 Å². The smallest absolute Gasteiger partial charge is 0.263 e. The highest BCUT2D eigenvalue weighted by molar-refractivity contribution is 5.81. The summed E-state index contributed by atoms with van der Waals surface area (Å²) < 4.78 is 11.5. The van der Waals surface area contributed by atoms with Crippen molar-refractivity contribution >= 4 is 5.91 Å². The van der Waals surface area contributed by atoms with Crippen LogP contribution in [-0.2, 0) is 4.79 Å². The van der Waals surface area contributed by atoms with Gasteiger partial charge in [0.15, 0.2) is 6.10 Å². The molecule has 0 bridgehead atoms. The molecule has 25 heavy (non-hydrogen) atoms. The van der Waals surface area contributed by atoms with E-state index in [1.165, 1.54) is 0 Å². The normalized spacial score (nSPS) is 17.6. The lowest BCUT2D eigenvalue weighted by molar-refractivity contribution is -0.137. The predicted molar refractivity (Wildman–Crippen MR) is 91.1 cm³/mol. The molecular weight excluding hydrogens is 318 g/mol. The van der Waals surface area contributed by atoms with Crippen LogP contribution in [0.15, 0.2) is 48.7 Å². The highest BCUT2D eigenvalue weighted by Gasteiger charge is 2.31. The van der Waals surface area contributed by atoms with Crippen LogP contribution in [-0.4, -0.2) is 41.1 Å². The van der Waals surface area contributed by atoms with Crippen molar-refractivity contribution in [3.63, 3.8) is 0 Å². The molecule has 2 heterocycles. The number of pyridine rings is 1. The first kappa shape index (κ1) is 16.8. The zero-order chi connectivity index (χ0) is 17.6. The summed E-state index contributed by atoms with van der Waals surface area (Å²) in [5, 5.41) is 8.92. The molecule has 1 aromatic carbocycles. The Hall–Kier alpha value is -3.07. The van der Waals surface area contributed by atoms with Crippen LogP contribution in [0.4, 0.5) is 0 Å². The summed E-state index contributed by atoms with van der Waals surface area (Å²) in [7, 11) is 0. The maximum absolute atomic E-state index is 12.5. The molecule has 3 rings (SSSR count). The number of benzene rings is 1. The van der Waals surface area contributed by atoms with Gasteiger partial charge in [0.2, 0.25) is 5.88 Å². The summed E-state index contributed by atoms with van der Waals surface area (Å²) in [6.45, 7) is 2.85. The number of hydrogen-bond donors (Lipinski definition) is 0. The molecule has 128 valence electrons. The zero-order valence-corrected chi connectivity index (χ0v) is 14.0. The van der Waals surface area contributed by atoms with E-state index in [1.807, 2.05) is 30.3 Å². The Morgan fingerprint density at radius 1 is 1.36 bits per heavy atom. The van der Waals surface area contributed by atoms with Crippen LogP contribution in [0.2, 0.25) is 0 Å². The number of amides is 1. The van der Waals surface area contributed by atoms with Gasteiger partial charge in [0.1, 0.15) is 11.9 Å². The Bertz CT molecular complexity index is 773. The number of likely N-dealkylation sites (tertiary alicyclic amines) is 1. The van der Waals surface area contributed by atoms with Crippen molar-refractivity contribution < 1.29 is 14.3 Å². The van der Waals surface area contributed by atoms with Crippen LogP contribution in [0, 0.1) is 11.3 Å². The van der Waals surface area contributed by atoms with Gasteiger partial charge >= 0.3 is 0 Å². The molecule has 1 aliphatic rings. The number of carbonyl (C=O) groups excluding carboxylic acids is 1. The molecule has 0 N–H and O–H groups in total. The van der Waals surface area contributed by atoms with Crippen molar-refractivity contribution in [2.75, 3.05) is 13.1 Å². The molecule has 0 spiro atoms. The first-order valence-electron chi connectivity index (χ1n) is 8.19. The average molecular weight is 337 g/mol. The fraction of sp³-hybridized carbons (Fsp3) is 0.316. The fourth-order valence-electron chi connectivity index (χ4n) is 2.75. The van der Waals surface area contributed by atoms with Crippen LogP contribution in [0.3, 0.4) is 0 Å². The Morgan fingerprint density at radius 2 is 2.16 bits per heavy atom. The van der Waals surface area contributed by atoms with Crippen LogP contribution in [0.5, 0.6) is 11.6 Å². The number of para-hydroxylation sites is 1. The minimum absolute atomic E-state index is 0.0614. The van der Waals surface area contributed by atoms with E-state index in [2.05, 4.69) is 11.1 Å². The highest BCUT2D eigenvalue weighted by Crippen LogP contribution is 2.19. The van der Waals surface area contributed by atoms with Gasteiger partial charge < -0.3 is 14.4 Å². The summed E-state index contributed by atoms with van der Waals surface area (Å²) in [5.41, 5.74) is 0.501. The van der Waals surface area contributed by atoms with Crippen molar-refractivity contribution in [3.8, 4) is 17.7 Å². The Labute approximate surface area is 146 Å². The van der Waals surface area contributed by atoms with Gasteiger partial charge in [-0.1, -0.05) is 18.2 Å². The van der Waals surface area contributed by atoms with Gasteiger partial charge in [0, 0.05) is 25.2 Å². The zero-order valence-electron chi connectivity index (χ0n) is 14.0. The van der Waals surface area contributed by atoms with Crippen molar-refractivity contribution in [3.05, 3.63) is 54.2 Å². The second-order valence-corrected chi connectivity index (χ2v) is 5.88. The Balaban J connectivity index is 1.55. The van der Waals surface area contributed by atoms with Gasteiger partial charge in [-0.15, -0.1) is 0 Å². The standard InChI is InChI=1S/C19H19N3O3/c1-14(24-16-5-3-2-4-6-16)19(23)22-10-8-17(13-22)25-18-11-15(12-20)7-9-21-18/h2-7,9,11,14,17H,8,10,13H2,1H3. The molecule has 2 aromatic rings. The summed E-state index contributed by atoms with van der Waals surface area (Å²) in [5.74, 6) is 1.02. The third-order valence-electron chi connectivity index (χ3n) is 4.01. The van der Waals surface area contributed by atoms with E-state index in [-0.39, 0.29) is 12.0 Å². The summed E-state index contributed by atoms with van der Waals surface area (Å²) in [6, 6.07) is 14.6. The number of nitriles is 1. The first-order valence-corrected chi connectivity index (χ1v) is 8.19. The molecule has 1 aliphatic heterocycles. The van der Waals surface area contributed by atoms with Crippen LogP contribution in [0.25, 0.3) is 0 Å². The number of carbonyl (C=O) groups is 1. The van der Waals surface area contributed by atoms with Crippen molar-refractivity contribution in [1.82, 2.24) is 9.88 Å². The fourth-order valence-corrected chi connectivity index (χ4v) is 2.75. The molecule has 0 saturated carbocycles. The monoisotopic (exact) mass is 337 g/mol. The Kier molecular flexibility index (Phi) is 5.14. The maximum atomic E-state index is 12.5. The molecule has 1 saturated heterocycles. The summed E-state index contributed by atoms with van der Waals surface area (Å²) >= 11 is 0. The van der Waals surface area contributed by atoms with Crippen LogP contribution >= 0.6 is 0 Å². The van der Waals surface area contributed by atoms with E-state index in [4.69, 9.17) is 14.7 Å². The molecule has 1 aromatic heterocycles. The number of ether oxygens (including phenoxy) is 2.